The van der Waals surface area contributed by atoms with Crippen LogP contribution in [0.2, 0.25) is 0 Å². The molecule has 0 aliphatic carbocycles. The second kappa shape index (κ2) is 8.06. The van der Waals surface area contributed by atoms with Gasteiger partial charge in [-0.2, -0.15) is 0 Å². The number of imidazole rings is 1. The minimum Gasteiger partial charge on any atom is -0.304 e. The zero-order chi connectivity index (χ0) is 23.3. The summed E-state index contributed by atoms with van der Waals surface area (Å²) in [6.07, 6.45) is 1.62. The lowest BCUT2D eigenvalue weighted by molar-refractivity contribution is 0.212. The number of nitrogens with zero attached hydrogens (tertiary/aromatic N) is 2. The van der Waals surface area contributed by atoms with E-state index >= 15 is 4.39 Å². The van der Waals surface area contributed by atoms with E-state index in [2.05, 4.69) is 33.0 Å². The first-order chi connectivity index (χ1) is 16.5. The van der Waals surface area contributed by atoms with E-state index in [1.807, 2.05) is 60.7 Å². The number of benzene rings is 3. The average molecular weight is 514 g/mol. The van der Waals surface area contributed by atoms with Crippen molar-refractivity contribution in [2.24, 2.45) is 0 Å². The smallest absolute Gasteiger partial charge is 0.304 e. The number of fused-ring (bicyclic) bond motifs is 2. The summed E-state index contributed by atoms with van der Waals surface area (Å²) < 4.78 is 19.7. The van der Waals surface area contributed by atoms with Crippen molar-refractivity contribution >= 4 is 27.0 Å². The molecule has 0 fully saturated rings. The van der Waals surface area contributed by atoms with E-state index in [1.54, 1.807) is 16.7 Å². The molecule has 34 heavy (non-hydrogen) atoms. The van der Waals surface area contributed by atoms with Crippen LogP contribution in [0.3, 0.4) is 0 Å². The molecule has 0 radical (unpaired) electrons. The first-order valence-corrected chi connectivity index (χ1v) is 12.1. The van der Waals surface area contributed by atoms with Crippen molar-refractivity contribution in [3.05, 3.63) is 128 Å². The number of H-pyrrole nitrogens is 1. The average Bonchev–Trinajstić information content (AvgIpc) is 3.21. The fourth-order valence-corrected chi connectivity index (χ4v) is 5.36. The number of aryl methyl sites for hydroxylation is 2. The maximum absolute atomic E-state index is 17.4. The lowest BCUT2D eigenvalue weighted by Gasteiger charge is -2.32. The van der Waals surface area contributed by atoms with Gasteiger partial charge >= 0.3 is 5.69 Å². The Bertz CT molecular complexity index is 1580. The van der Waals surface area contributed by atoms with E-state index in [0.717, 1.165) is 22.2 Å². The van der Waals surface area contributed by atoms with Gasteiger partial charge in [0.1, 0.15) is 5.69 Å². The Balaban J connectivity index is 1.54. The zero-order valence-corrected chi connectivity index (χ0v) is 19.8. The van der Waals surface area contributed by atoms with Crippen molar-refractivity contribution in [3.63, 3.8) is 0 Å². The fraction of sp³-hybridized carbons (Fsp3) is 0.143. The van der Waals surface area contributed by atoms with Crippen molar-refractivity contribution < 1.29 is 4.39 Å². The van der Waals surface area contributed by atoms with Gasteiger partial charge in [-0.1, -0.05) is 66.7 Å². The molecule has 0 saturated carbocycles. The van der Waals surface area contributed by atoms with Gasteiger partial charge < -0.3 is 4.98 Å². The molecule has 0 amide bonds. The molecule has 1 atom stereocenters. The van der Waals surface area contributed by atoms with E-state index in [1.165, 1.54) is 5.56 Å². The summed E-state index contributed by atoms with van der Waals surface area (Å²) in [5.41, 5.74) is 3.08. The molecule has 4 nitrogen and oxygen atoms in total. The van der Waals surface area contributed by atoms with Crippen LogP contribution in [0.1, 0.15) is 28.1 Å². The van der Waals surface area contributed by atoms with E-state index in [9.17, 15) is 4.79 Å². The molecule has 0 spiro atoms. The predicted octanol–water partition coefficient (Wildman–Crippen LogP) is 6.03. The van der Waals surface area contributed by atoms with Gasteiger partial charge in [0.05, 0.1) is 16.7 Å². The van der Waals surface area contributed by atoms with Crippen LogP contribution >= 0.6 is 15.9 Å². The molecular formula is C28H21BrFN3O. The van der Waals surface area contributed by atoms with E-state index in [4.69, 9.17) is 4.98 Å². The van der Waals surface area contributed by atoms with Gasteiger partial charge in [-0.15, -0.1) is 0 Å². The Morgan fingerprint density at radius 3 is 2.32 bits per heavy atom. The lowest BCUT2D eigenvalue weighted by Crippen LogP contribution is -2.34. The molecule has 0 saturated heterocycles. The first-order valence-electron chi connectivity index (χ1n) is 11.3. The highest BCUT2D eigenvalue weighted by Gasteiger charge is 2.45. The molecule has 0 bridgehead atoms. The summed E-state index contributed by atoms with van der Waals surface area (Å²) in [5, 5.41) is 0. The standard InChI is InChI=1S/C28H21BrFN3O/c29-22-15-14-21-25-24(22)32-27(34)33(25)23-16-13-20(12-11-18-7-3-1-4-8-18)31-26(23)28(21,30)17-19-9-5-2-6-10-19/h1-10,13-16H,11-12,17H2,(H,32,34). The summed E-state index contributed by atoms with van der Waals surface area (Å²) in [7, 11) is 0. The molecule has 3 aromatic carbocycles. The van der Waals surface area contributed by atoms with Crippen LogP contribution < -0.4 is 5.69 Å². The number of aromatic nitrogens is 3. The van der Waals surface area contributed by atoms with Gasteiger partial charge in [-0.25, -0.2) is 9.18 Å². The van der Waals surface area contributed by atoms with E-state index in [0.29, 0.717) is 34.4 Å². The van der Waals surface area contributed by atoms with Crippen molar-refractivity contribution in [3.8, 4) is 5.69 Å². The molecule has 1 unspecified atom stereocenters. The Morgan fingerprint density at radius 2 is 1.59 bits per heavy atom. The molecule has 2 aromatic heterocycles. The summed E-state index contributed by atoms with van der Waals surface area (Å²) >= 11 is 3.51. The number of alkyl halides is 1. The molecule has 3 heterocycles. The molecule has 1 N–H and O–H groups in total. The van der Waals surface area contributed by atoms with Crippen molar-refractivity contribution in [2.45, 2.75) is 24.9 Å². The maximum atomic E-state index is 17.4. The number of hydrogen-bond acceptors (Lipinski definition) is 2. The van der Waals surface area contributed by atoms with Gasteiger partial charge in [-0.3, -0.25) is 9.55 Å². The topological polar surface area (TPSA) is 50.7 Å². The lowest BCUT2D eigenvalue weighted by atomic mass is 9.82. The normalized spacial score (nSPS) is 16.5. The zero-order valence-electron chi connectivity index (χ0n) is 18.3. The molecule has 6 heteroatoms. The highest BCUT2D eigenvalue weighted by molar-refractivity contribution is 9.10. The molecule has 168 valence electrons. The Kier molecular flexibility index (Phi) is 4.99. The van der Waals surface area contributed by atoms with E-state index < -0.39 is 5.67 Å². The van der Waals surface area contributed by atoms with Gasteiger partial charge in [0.15, 0.2) is 5.67 Å². The number of rotatable bonds is 5. The largest absolute Gasteiger partial charge is 0.331 e. The molecule has 6 rings (SSSR count). The minimum atomic E-state index is -1.88. The second-order valence-corrected chi connectivity index (χ2v) is 9.56. The number of halogens is 2. The fourth-order valence-electron chi connectivity index (χ4n) is 4.94. The van der Waals surface area contributed by atoms with Crippen LogP contribution in [-0.4, -0.2) is 14.5 Å². The van der Waals surface area contributed by atoms with Crippen LogP contribution in [0.5, 0.6) is 0 Å². The molecule has 1 aliphatic heterocycles. The van der Waals surface area contributed by atoms with Crippen LogP contribution in [0.15, 0.2) is 94.2 Å². The summed E-state index contributed by atoms with van der Waals surface area (Å²) in [6, 6.07) is 27.1. The van der Waals surface area contributed by atoms with Crippen molar-refractivity contribution in [1.29, 1.82) is 0 Å². The molecular weight excluding hydrogens is 493 g/mol. The third-order valence-electron chi connectivity index (χ3n) is 6.56. The second-order valence-electron chi connectivity index (χ2n) is 8.70. The molecule has 1 aliphatic rings. The minimum absolute atomic E-state index is 0.131. The third kappa shape index (κ3) is 3.32. The van der Waals surface area contributed by atoms with Gasteiger partial charge in [0.2, 0.25) is 0 Å². The Morgan fingerprint density at radius 1 is 0.882 bits per heavy atom. The predicted molar refractivity (Wildman–Crippen MR) is 135 cm³/mol. The number of nitrogens with one attached hydrogen (secondary N) is 1. The monoisotopic (exact) mass is 513 g/mol. The number of pyridine rings is 1. The number of aromatic amines is 1. The number of hydrogen-bond donors (Lipinski definition) is 1. The van der Waals surface area contributed by atoms with Gasteiger partial charge in [-0.05, 0) is 58.1 Å². The molecule has 5 aromatic rings. The quantitative estimate of drug-likeness (QED) is 0.312. The maximum Gasteiger partial charge on any atom is 0.331 e. The summed E-state index contributed by atoms with van der Waals surface area (Å²) in [4.78, 5) is 20.7. The van der Waals surface area contributed by atoms with Gasteiger partial charge in [0, 0.05) is 22.2 Å². The van der Waals surface area contributed by atoms with Gasteiger partial charge in [0.25, 0.3) is 0 Å². The Hall–Kier alpha value is -3.51. The SMILES string of the molecule is O=c1[nH]c2c(Br)ccc3c2n1-c1ccc(CCc2ccccc2)nc1C3(F)Cc1ccccc1. The van der Waals surface area contributed by atoms with Crippen molar-refractivity contribution in [2.75, 3.05) is 0 Å². The van der Waals surface area contributed by atoms with Crippen LogP contribution in [0.25, 0.3) is 16.7 Å². The highest BCUT2D eigenvalue weighted by Crippen LogP contribution is 2.46. The highest BCUT2D eigenvalue weighted by atomic mass is 79.9. The van der Waals surface area contributed by atoms with Crippen LogP contribution in [0.4, 0.5) is 4.39 Å². The van der Waals surface area contributed by atoms with Crippen LogP contribution in [-0.2, 0) is 24.9 Å². The summed E-state index contributed by atoms with van der Waals surface area (Å²) in [5.74, 6) is 0. The Labute approximate surface area is 204 Å². The van der Waals surface area contributed by atoms with Crippen molar-refractivity contribution in [1.82, 2.24) is 14.5 Å². The summed E-state index contributed by atoms with van der Waals surface area (Å²) in [6.45, 7) is 0. The van der Waals surface area contributed by atoms with E-state index in [-0.39, 0.29) is 12.1 Å². The third-order valence-corrected chi connectivity index (χ3v) is 7.22. The first kappa shape index (κ1) is 21.1. The van der Waals surface area contributed by atoms with Crippen LogP contribution in [0, 0.1) is 0 Å².